The molecule has 1 aromatic rings. The predicted molar refractivity (Wildman–Crippen MR) is 68.9 cm³/mol. The van der Waals surface area contributed by atoms with Gasteiger partial charge in [0.25, 0.3) is 0 Å². The number of rotatable bonds is 5. The lowest BCUT2D eigenvalue weighted by atomic mass is 10.3. The molecule has 0 heterocycles. The van der Waals surface area contributed by atoms with Crippen molar-refractivity contribution in [3.05, 3.63) is 27.8 Å². The minimum atomic E-state index is -0.153. The number of hydrogen-bond donors (Lipinski definition) is 1. The predicted octanol–water partition coefficient (Wildman–Crippen LogP) is 2.66. The number of halogens is 1. The second-order valence-electron chi connectivity index (χ2n) is 3.12. The van der Waals surface area contributed by atoms with Crippen LogP contribution in [0.25, 0.3) is 0 Å². The van der Waals surface area contributed by atoms with Crippen molar-refractivity contribution in [3.8, 4) is 0 Å². The molecule has 1 rings (SSSR count). The smallest absolute Gasteiger partial charge is 0.305 e. The number of methoxy groups -OCH3 is 1. The van der Waals surface area contributed by atoms with E-state index >= 15 is 0 Å². The monoisotopic (exact) mass is 319 g/mol. The average molecular weight is 319 g/mol. The molecule has 0 aliphatic heterocycles. The Morgan fingerprint density at radius 1 is 1.53 bits per heavy atom. The maximum absolute atomic E-state index is 10.8. The molecule has 15 heavy (non-hydrogen) atoms. The van der Waals surface area contributed by atoms with Gasteiger partial charge in [-0.1, -0.05) is 6.07 Å². The van der Waals surface area contributed by atoms with Crippen molar-refractivity contribution in [2.75, 3.05) is 19.0 Å². The first-order valence-electron chi connectivity index (χ1n) is 4.78. The molecule has 3 nitrogen and oxygen atoms in total. The van der Waals surface area contributed by atoms with Crippen molar-refractivity contribution < 1.29 is 9.53 Å². The van der Waals surface area contributed by atoms with E-state index in [1.165, 1.54) is 10.7 Å². The van der Waals surface area contributed by atoms with Crippen molar-refractivity contribution in [3.63, 3.8) is 0 Å². The van der Waals surface area contributed by atoms with Crippen LogP contribution in [0, 0.1) is 3.57 Å². The summed E-state index contributed by atoms with van der Waals surface area (Å²) in [5, 5.41) is 3.25. The zero-order valence-corrected chi connectivity index (χ0v) is 10.8. The molecule has 0 unspecified atom stereocenters. The van der Waals surface area contributed by atoms with E-state index in [4.69, 9.17) is 0 Å². The minimum absolute atomic E-state index is 0.153. The summed E-state index contributed by atoms with van der Waals surface area (Å²) in [5.74, 6) is -0.153. The quantitative estimate of drug-likeness (QED) is 0.515. The maximum Gasteiger partial charge on any atom is 0.305 e. The molecule has 0 aromatic heterocycles. The van der Waals surface area contributed by atoms with Crippen molar-refractivity contribution in [1.82, 2.24) is 0 Å². The summed E-state index contributed by atoms with van der Waals surface area (Å²) in [6.45, 7) is 0.787. The Morgan fingerprint density at radius 2 is 2.33 bits per heavy atom. The maximum atomic E-state index is 10.8. The topological polar surface area (TPSA) is 38.3 Å². The molecule has 0 saturated heterocycles. The van der Waals surface area contributed by atoms with Gasteiger partial charge in [-0.2, -0.15) is 0 Å². The summed E-state index contributed by atoms with van der Waals surface area (Å²) in [6.07, 6.45) is 1.26. The first kappa shape index (κ1) is 12.3. The van der Waals surface area contributed by atoms with Crippen LogP contribution in [-0.4, -0.2) is 19.6 Å². The fourth-order valence-corrected chi connectivity index (χ4v) is 1.71. The molecule has 4 heteroatoms. The van der Waals surface area contributed by atoms with Gasteiger partial charge in [0.1, 0.15) is 0 Å². The molecule has 0 spiro atoms. The third-order valence-electron chi connectivity index (χ3n) is 1.94. The second kappa shape index (κ2) is 6.66. The lowest BCUT2D eigenvalue weighted by molar-refractivity contribution is -0.140. The summed E-state index contributed by atoms with van der Waals surface area (Å²) < 4.78 is 5.75. The molecule has 0 fully saturated rings. The largest absolute Gasteiger partial charge is 0.469 e. The number of anilines is 1. The number of nitrogens with one attached hydrogen (secondary N) is 1. The number of esters is 1. The standard InChI is InChI=1S/C11H14INO2/c1-15-11(14)6-3-7-13-10-5-2-4-9(12)8-10/h2,4-5,8,13H,3,6-7H2,1H3. The van der Waals surface area contributed by atoms with Gasteiger partial charge < -0.3 is 10.1 Å². The fraction of sp³-hybridized carbons (Fsp3) is 0.364. The highest BCUT2D eigenvalue weighted by Crippen LogP contribution is 2.12. The van der Waals surface area contributed by atoms with Crippen molar-refractivity contribution in [2.24, 2.45) is 0 Å². The first-order valence-corrected chi connectivity index (χ1v) is 5.86. The van der Waals surface area contributed by atoms with Crippen LogP contribution in [0.3, 0.4) is 0 Å². The van der Waals surface area contributed by atoms with E-state index in [2.05, 4.69) is 38.7 Å². The summed E-state index contributed by atoms with van der Waals surface area (Å²) in [7, 11) is 1.41. The summed E-state index contributed by atoms with van der Waals surface area (Å²) in [5.41, 5.74) is 1.09. The number of benzene rings is 1. The Labute approximate surface area is 103 Å². The first-order chi connectivity index (χ1) is 7.22. The van der Waals surface area contributed by atoms with E-state index < -0.39 is 0 Å². The number of carbonyl (C=O) groups excluding carboxylic acids is 1. The van der Waals surface area contributed by atoms with Gasteiger partial charge >= 0.3 is 5.97 Å². The van der Waals surface area contributed by atoms with Crippen LogP contribution in [0.15, 0.2) is 24.3 Å². The van der Waals surface area contributed by atoms with Gasteiger partial charge in [0.05, 0.1) is 7.11 Å². The number of ether oxygens (including phenoxy) is 1. The van der Waals surface area contributed by atoms with Gasteiger partial charge in [0.2, 0.25) is 0 Å². The van der Waals surface area contributed by atoms with Crippen LogP contribution in [0.4, 0.5) is 5.69 Å². The summed E-state index contributed by atoms with van der Waals surface area (Å²) >= 11 is 2.27. The van der Waals surface area contributed by atoms with Crippen molar-refractivity contribution in [2.45, 2.75) is 12.8 Å². The van der Waals surface area contributed by atoms with Crippen LogP contribution < -0.4 is 5.32 Å². The number of carbonyl (C=O) groups is 1. The van der Waals surface area contributed by atoms with Crippen LogP contribution in [0.2, 0.25) is 0 Å². The van der Waals surface area contributed by atoms with Crippen LogP contribution >= 0.6 is 22.6 Å². The lowest BCUT2D eigenvalue weighted by Crippen LogP contribution is -2.06. The van der Waals surface area contributed by atoms with Gasteiger partial charge in [-0.3, -0.25) is 4.79 Å². The van der Waals surface area contributed by atoms with E-state index in [1.54, 1.807) is 0 Å². The molecule has 0 saturated carbocycles. The fourth-order valence-electron chi connectivity index (χ4n) is 1.17. The number of hydrogen-bond acceptors (Lipinski definition) is 3. The Hall–Kier alpha value is -0.780. The van der Waals surface area contributed by atoms with E-state index in [-0.39, 0.29) is 5.97 Å². The zero-order valence-electron chi connectivity index (χ0n) is 8.63. The molecule has 0 aliphatic rings. The van der Waals surface area contributed by atoms with Gasteiger partial charge in [-0.25, -0.2) is 0 Å². The van der Waals surface area contributed by atoms with E-state index in [0.717, 1.165) is 18.7 Å². The van der Waals surface area contributed by atoms with Crippen molar-refractivity contribution in [1.29, 1.82) is 0 Å². The normalized spacial score (nSPS) is 9.73. The molecular formula is C11H14INO2. The van der Waals surface area contributed by atoms with E-state index in [9.17, 15) is 4.79 Å². The lowest BCUT2D eigenvalue weighted by Gasteiger charge is -2.05. The third-order valence-corrected chi connectivity index (χ3v) is 2.61. The van der Waals surface area contributed by atoms with Crippen LogP contribution in [-0.2, 0) is 9.53 Å². The summed E-state index contributed by atoms with van der Waals surface area (Å²) in [6, 6.07) is 8.13. The highest BCUT2D eigenvalue weighted by Gasteiger charge is 1.99. The molecule has 0 radical (unpaired) electrons. The van der Waals surface area contributed by atoms with Gasteiger partial charge in [-0.05, 0) is 47.2 Å². The second-order valence-corrected chi connectivity index (χ2v) is 4.36. The van der Waals surface area contributed by atoms with Crippen molar-refractivity contribution >= 4 is 34.2 Å². The SMILES string of the molecule is COC(=O)CCCNc1cccc(I)c1. The summed E-state index contributed by atoms with van der Waals surface area (Å²) in [4.78, 5) is 10.8. The van der Waals surface area contributed by atoms with Gasteiger partial charge in [0.15, 0.2) is 0 Å². The zero-order chi connectivity index (χ0) is 11.1. The molecule has 0 atom stereocenters. The molecule has 0 aliphatic carbocycles. The van der Waals surface area contributed by atoms with Crippen LogP contribution in [0.1, 0.15) is 12.8 Å². The van der Waals surface area contributed by atoms with E-state index in [1.807, 2.05) is 18.2 Å². The molecule has 82 valence electrons. The molecule has 1 N–H and O–H groups in total. The molecular weight excluding hydrogens is 305 g/mol. The Bertz CT molecular complexity index is 328. The Kier molecular flexibility index (Phi) is 5.45. The average Bonchev–Trinajstić information content (AvgIpc) is 2.24. The van der Waals surface area contributed by atoms with Gasteiger partial charge in [0, 0.05) is 22.2 Å². The highest BCUT2D eigenvalue weighted by atomic mass is 127. The third kappa shape index (κ3) is 5.01. The minimum Gasteiger partial charge on any atom is -0.469 e. The van der Waals surface area contributed by atoms with Gasteiger partial charge in [-0.15, -0.1) is 0 Å². The highest BCUT2D eigenvalue weighted by molar-refractivity contribution is 14.1. The van der Waals surface area contributed by atoms with Crippen LogP contribution in [0.5, 0.6) is 0 Å². The Morgan fingerprint density at radius 3 is 3.00 bits per heavy atom. The molecule has 0 amide bonds. The van der Waals surface area contributed by atoms with E-state index in [0.29, 0.717) is 6.42 Å². The Balaban J connectivity index is 2.23. The molecule has 1 aromatic carbocycles. The molecule has 0 bridgehead atoms.